The van der Waals surface area contributed by atoms with Gasteiger partial charge in [-0.05, 0) is 12.8 Å². The Morgan fingerprint density at radius 3 is 2.42 bits per heavy atom. The van der Waals surface area contributed by atoms with Gasteiger partial charge in [0.15, 0.2) is 0 Å². The highest BCUT2D eigenvalue weighted by atomic mass is 16.5. The van der Waals surface area contributed by atoms with Crippen LogP contribution in [0.4, 0.5) is 0 Å². The second-order valence-corrected chi connectivity index (χ2v) is 4.71. The lowest BCUT2D eigenvalue weighted by Gasteiger charge is -2.28. The van der Waals surface area contributed by atoms with Crippen molar-refractivity contribution in [1.29, 1.82) is 0 Å². The molecule has 1 aromatic rings. The van der Waals surface area contributed by atoms with Crippen molar-refractivity contribution < 1.29 is 14.6 Å². The van der Waals surface area contributed by atoms with Crippen LogP contribution < -0.4 is 14.8 Å². The minimum atomic E-state index is -0.282. The van der Waals surface area contributed by atoms with Crippen LogP contribution in [0.15, 0.2) is 6.33 Å². The molecule has 0 radical (unpaired) electrons. The van der Waals surface area contributed by atoms with Crippen molar-refractivity contribution in [2.75, 3.05) is 14.2 Å². The van der Waals surface area contributed by atoms with Crippen LogP contribution in [-0.4, -0.2) is 41.4 Å². The van der Waals surface area contributed by atoms with Gasteiger partial charge >= 0.3 is 0 Å². The summed E-state index contributed by atoms with van der Waals surface area (Å²) in [6.07, 6.45) is 5.22. The summed E-state index contributed by atoms with van der Waals surface area (Å²) in [6.45, 7) is 0.523. The van der Waals surface area contributed by atoms with E-state index in [-0.39, 0.29) is 12.1 Å². The number of hydrogen-bond donors (Lipinski definition) is 2. The number of aromatic nitrogens is 2. The van der Waals surface area contributed by atoms with Crippen LogP contribution in [0.3, 0.4) is 0 Å². The number of aliphatic hydroxyl groups excluding tert-OH is 1. The lowest BCUT2D eigenvalue weighted by atomic mass is 9.92. The Labute approximate surface area is 113 Å². The Balaban J connectivity index is 2.05. The van der Waals surface area contributed by atoms with Crippen LogP contribution in [0.25, 0.3) is 0 Å². The zero-order valence-electron chi connectivity index (χ0n) is 11.4. The smallest absolute Gasteiger partial charge is 0.224 e. The summed E-state index contributed by atoms with van der Waals surface area (Å²) in [5.41, 5.74) is 0.783. The van der Waals surface area contributed by atoms with Crippen molar-refractivity contribution in [2.45, 2.75) is 44.4 Å². The molecule has 2 N–H and O–H groups in total. The average molecular weight is 267 g/mol. The first kappa shape index (κ1) is 14.0. The molecular weight excluding hydrogens is 246 g/mol. The summed E-state index contributed by atoms with van der Waals surface area (Å²) < 4.78 is 10.4. The van der Waals surface area contributed by atoms with Gasteiger partial charge in [0, 0.05) is 12.6 Å². The molecule has 6 heteroatoms. The summed E-state index contributed by atoms with van der Waals surface area (Å²) >= 11 is 0. The van der Waals surface area contributed by atoms with Gasteiger partial charge < -0.3 is 19.9 Å². The van der Waals surface area contributed by atoms with Gasteiger partial charge in [-0.1, -0.05) is 12.8 Å². The fraction of sp³-hybridized carbons (Fsp3) is 0.692. The predicted molar refractivity (Wildman–Crippen MR) is 70.2 cm³/mol. The van der Waals surface area contributed by atoms with Crippen molar-refractivity contribution in [2.24, 2.45) is 0 Å². The Bertz CT molecular complexity index is 392. The molecule has 0 bridgehead atoms. The van der Waals surface area contributed by atoms with Crippen LogP contribution in [0.5, 0.6) is 11.8 Å². The number of hydrogen-bond acceptors (Lipinski definition) is 6. The third-order valence-electron chi connectivity index (χ3n) is 3.52. The van der Waals surface area contributed by atoms with Crippen molar-refractivity contribution >= 4 is 0 Å². The van der Waals surface area contributed by atoms with Gasteiger partial charge in [-0.2, -0.15) is 0 Å². The summed E-state index contributed by atoms with van der Waals surface area (Å²) in [4.78, 5) is 8.15. The van der Waals surface area contributed by atoms with Gasteiger partial charge in [0.2, 0.25) is 11.8 Å². The highest BCUT2D eigenvalue weighted by Crippen LogP contribution is 2.24. The van der Waals surface area contributed by atoms with Gasteiger partial charge in [-0.15, -0.1) is 0 Å². The molecule has 19 heavy (non-hydrogen) atoms. The van der Waals surface area contributed by atoms with Crippen LogP contribution >= 0.6 is 0 Å². The fourth-order valence-electron chi connectivity index (χ4n) is 2.47. The van der Waals surface area contributed by atoms with Crippen LogP contribution in [0.1, 0.15) is 31.2 Å². The average Bonchev–Trinajstić information content (AvgIpc) is 2.46. The molecule has 6 nitrogen and oxygen atoms in total. The molecule has 1 aliphatic rings. The molecule has 2 unspecified atom stereocenters. The molecule has 106 valence electrons. The van der Waals surface area contributed by atoms with Crippen molar-refractivity contribution in [3.05, 3.63) is 11.9 Å². The van der Waals surface area contributed by atoms with E-state index in [1.54, 1.807) is 14.2 Å². The van der Waals surface area contributed by atoms with E-state index in [2.05, 4.69) is 15.3 Å². The van der Waals surface area contributed by atoms with E-state index in [9.17, 15) is 5.11 Å². The molecule has 0 aromatic carbocycles. The maximum absolute atomic E-state index is 9.94. The van der Waals surface area contributed by atoms with Crippen LogP contribution in [0, 0.1) is 0 Å². The van der Waals surface area contributed by atoms with E-state index in [0.717, 1.165) is 31.2 Å². The molecule has 0 amide bonds. The third kappa shape index (κ3) is 3.33. The monoisotopic (exact) mass is 267 g/mol. The van der Waals surface area contributed by atoms with Crippen molar-refractivity contribution in [3.8, 4) is 11.8 Å². The maximum atomic E-state index is 9.94. The van der Waals surface area contributed by atoms with Gasteiger partial charge in [0.1, 0.15) is 6.33 Å². The number of nitrogens with one attached hydrogen (secondary N) is 1. The molecule has 0 aliphatic heterocycles. The summed E-state index contributed by atoms with van der Waals surface area (Å²) in [7, 11) is 3.14. The topological polar surface area (TPSA) is 76.5 Å². The summed E-state index contributed by atoms with van der Waals surface area (Å²) in [5.74, 6) is 1.01. The second kappa shape index (κ2) is 6.68. The first-order valence-electron chi connectivity index (χ1n) is 6.59. The Morgan fingerprint density at radius 2 is 1.84 bits per heavy atom. The van der Waals surface area contributed by atoms with Gasteiger partial charge in [0.05, 0.1) is 25.9 Å². The fourth-order valence-corrected chi connectivity index (χ4v) is 2.47. The van der Waals surface area contributed by atoms with E-state index in [1.807, 2.05) is 0 Å². The molecule has 1 aromatic heterocycles. The molecular formula is C13H21N3O3. The molecule has 2 atom stereocenters. The third-order valence-corrected chi connectivity index (χ3v) is 3.52. The van der Waals surface area contributed by atoms with Gasteiger partial charge in [0.25, 0.3) is 0 Å². The number of nitrogens with zero attached hydrogens (tertiary/aromatic N) is 2. The molecule has 1 fully saturated rings. The Hall–Kier alpha value is -1.40. The van der Waals surface area contributed by atoms with Crippen LogP contribution in [0.2, 0.25) is 0 Å². The SMILES string of the molecule is COc1ncnc(OC)c1CNC1CCCCC1O. The second-order valence-electron chi connectivity index (χ2n) is 4.71. The Kier molecular flexibility index (Phi) is 4.93. The number of methoxy groups -OCH3 is 2. The largest absolute Gasteiger partial charge is 0.481 e. The highest BCUT2D eigenvalue weighted by Gasteiger charge is 2.23. The predicted octanol–water partition coefficient (Wildman–Crippen LogP) is 0.887. The molecule has 1 heterocycles. The van der Waals surface area contributed by atoms with E-state index in [4.69, 9.17) is 9.47 Å². The number of ether oxygens (including phenoxy) is 2. The first-order valence-corrected chi connectivity index (χ1v) is 6.59. The maximum Gasteiger partial charge on any atom is 0.224 e. The quantitative estimate of drug-likeness (QED) is 0.825. The van der Waals surface area contributed by atoms with Crippen molar-refractivity contribution in [1.82, 2.24) is 15.3 Å². The van der Waals surface area contributed by atoms with E-state index in [0.29, 0.717) is 18.3 Å². The molecule has 0 saturated heterocycles. The molecule has 0 spiro atoms. The van der Waals surface area contributed by atoms with Crippen LogP contribution in [-0.2, 0) is 6.54 Å². The summed E-state index contributed by atoms with van der Waals surface area (Å²) in [6, 6.07) is 0.114. The number of rotatable bonds is 5. The highest BCUT2D eigenvalue weighted by molar-refractivity contribution is 5.34. The van der Waals surface area contributed by atoms with Gasteiger partial charge in [-0.25, -0.2) is 9.97 Å². The minimum Gasteiger partial charge on any atom is -0.481 e. The lowest BCUT2D eigenvalue weighted by Crippen LogP contribution is -2.41. The molecule has 1 aliphatic carbocycles. The minimum absolute atomic E-state index is 0.114. The standard InChI is InChI=1S/C13H21N3O3/c1-18-12-9(13(19-2)16-8-15-12)7-14-10-5-3-4-6-11(10)17/h8,10-11,14,17H,3-7H2,1-2H3. The molecule has 1 saturated carbocycles. The summed E-state index contributed by atoms with van der Waals surface area (Å²) in [5, 5.41) is 13.3. The lowest BCUT2D eigenvalue weighted by molar-refractivity contribution is 0.0899. The van der Waals surface area contributed by atoms with E-state index in [1.165, 1.54) is 6.33 Å². The van der Waals surface area contributed by atoms with E-state index < -0.39 is 0 Å². The number of aliphatic hydroxyl groups is 1. The Morgan fingerprint density at radius 1 is 1.21 bits per heavy atom. The van der Waals surface area contributed by atoms with Gasteiger partial charge in [-0.3, -0.25) is 0 Å². The molecule has 2 rings (SSSR count). The zero-order chi connectivity index (χ0) is 13.7. The first-order chi connectivity index (χ1) is 9.26. The normalized spacial score (nSPS) is 23.1. The van der Waals surface area contributed by atoms with E-state index >= 15 is 0 Å². The van der Waals surface area contributed by atoms with Crippen molar-refractivity contribution in [3.63, 3.8) is 0 Å². The zero-order valence-corrected chi connectivity index (χ0v) is 11.4.